The van der Waals surface area contributed by atoms with Crippen LogP contribution in [-0.4, -0.2) is 11.1 Å². The summed E-state index contributed by atoms with van der Waals surface area (Å²) in [5, 5.41) is 10.8. The molecule has 1 aromatic heterocycles. The molecule has 1 heterocycles. The highest BCUT2D eigenvalue weighted by Crippen LogP contribution is 2.32. The van der Waals surface area contributed by atoms with E-state index in [0.717, 1.165) is 12.0 Å². The second-order valence-electron chi connectivity index (χ2n) is 3.71. The van der Waals surface area contributed by atoms with Crippen molar-refractivity contribution in [2.24, 2.45) is 0 Å². The van der Waals surface area contributed by atoms with E-state index in [1.54, 1.807) is 0 Å². The van der Waals surface area contributed by atoms with E-state index in [-0.39, 0.29) is 5.41 Å². The second kappa shape index (κ2) is 3.50. The standard InChI is InChI=1S/C10H14O2S/c1-4-10(2,3)7-5-6-13-8(7)9(11)12/h5-6H,4H2,1-3H3,(H,11,12). The van der Waals surface area contributed by atoms with Crippen molar-refractivity contribution >= 4 is 17.3 Å². The Labute approximate surface area is 82.2 Å². The molecule has 1 N–H and O–H groups in total. The summed E-state index contributed by atoms with van der Waals surface area (Å²) in [4.78, 5) is 11.3. The van der Waals surface area contributed by atoms with Gasteiger partial charge in [-0.2, -0.15) is 0 Å². The van der Waals surface area contributed by atoms with Gasteiger partial charge in [0.15, 0.2) is 0 Å². The molecule has 0 amide bonds. The van der Waals surface area contributed by atoms with Crippen molar-refractivity contribution in [1.82, 2.24) is 0 Å². The summed E-state index contributed by atoms with van der Waals surface area (Å²) < 4.78 is 0. The third-order valence-corrected chi connectivity index (χ3v) is 3.37. The molecule has 72 valence electrons. The predicted molar refractivity (Wildman–Crippen MR) is 54.6 cm³/mol. The number of carbonyl (C=O) groups is 1. The lowest BCUT2D eigenvalue weighted by molar-refractivity contribution is 0.0699. The van der Waals surface area contributed by atoms with Crippen LogP contribution in [0.2, 0.25) is 0 Å². The van der Waals surface area contributed by atoms with Gasteiger partial charge in [-0.15, -0.1) is 11.3 Å². The molecule has 0 aliphatic rings. The van der Waals surface area contributed by atoms with Gasteiger partial charge in [0, 0.05) is 0 Å². The molecule has 0 aliphatic heterocycles. The van der Waals surface area contributed by atoms with Gasteiger partial charge in [-0.25, -0.2) is 4.79 Å². The highest BCUT2D eigenvalue weighted by molar-refractivity contribution is 7.12. The normalized spacial score (nSPS) is 11.6. The largest absolute Gasteiger partial charge is 0.477 e. The van der Waals surface area contributed by atoms with Gasteiger partial charge in [-0.3, -0.25) is 0 Å². The molecule has 3 heteroatoms. The van der Waals surface area contributed by atoms with Crippen molar-refractivity contribution < 1.29 is 9.90 Å². The first kappa shape index (κ1) is 10.3. The average Bonchev–Trinajstić information content (AvgIpc) is 2.52. The molecule has 0 saturated heterocycles. The molecule has 1 rings (SSSR count). The van der Waals surface area contributed by atoms with E-state index in [1.807, 2.05) is 11.4 Å². The van der Waals surface area contributed by atoms with Gasteiger partial charge < -0.3 is 5.11 Å². The second-order valence-corrected chi connectivity index (χ2v) is 4.62. The fourth-order valence-corrected chi connectivity index (χ4v) is 2.11. The lowest BCUT2D eigenvalue weighted by Crippen LogP contribution is -2.17. The molecule has 0 aliphatic carbocycles. The molecular formula is C10H14O2S. The minimum absolute atomic E-state index is 0.0340. The molecule has 0 unspecified atom stereocenters. The lowest BCUT2D eigenvalue weighted by Gasteiger charge is -2.22. The van der Waals surface area contributed by atoms with Gasteiger partial charge in [0.1, 0.15) is 4.88 Å². The first-order valence-electron chi connectivity index (χ1n) is 4.30. The van der Waals surface area contributed by atoms with Gasteiger partial charge in [0.05, 0.1) is 0 Å². The molecule has 2 nitrogen and oxygen atoms in total. The quantitative estimate of drug-likeness (QED) is 0.810. The summed E-state index contributed by atoms with van der Waals surface area (Å²) in [7, 11) is 0. The molecule has 0 bridgehead atoms. The van der Waals surface area contributed by atoms with Gasteiger partial charge in [-0.05, 0) is 28.8 Å². The molecule has 0 saturated carbocycles. The van der Waals surface area contributed by atoms with Gasteiger partial charge in [0.2, 0.25) is 0 Å². The van der Waals surface area contributed by atoms with E-state index in [4.69, 9.17) is 5.11 Å². The number of carboxylic acids is 1. The highest BCUT2D eigenvalue weighted by atomic mass is 32.1. The summed E-state index contributed by atoms with van der Waals surface area (Å²) in [6.45, 7) is 6.21. The first-order valence-corrected chi connectivity index (χ1v) is 5.18. The Bertz CT molecular complexity index is 312. The van der Waals surface area contributed by atoms with Crippen LogP contribution in [0.5, 0.6) is 0 Å². The SMILES string of the molecule is CCC(C)(C)c1ccsc1C(=O)O. The lowest BCUT2D eigenvalue weighted by atomic mass is 9.82. The Morgan fingerprint density at radius 2 is 2.23 bits per heavy atom. The van der Waals surface area contributed by atoms with Crippen molar-refractivity contribution in [3.8, 4) is 0 Å². The third kappa shape index (κ3) is 1.91. The molecule has 0 spiro atoms. The molecule has 0 fully saturated rings. The van der Waals surface area contributed by atoms with Crippen LogP contribution in [0.25, 0.3) is 0 Å². The Kier molecular flexibility index (Phi) is 2.76. The monoisotopic (exact) mass is 198 g/mol. The number of hydrogen-bond acceptors (Lipinski definition) is 2. The van der Waals surface area contributed by atoms with Crippen LogP contribution < -0.4 is 0 Å². The van der Waals surface area contributed by atoms with Crippen molar-refractivity contribution in [3.05, 3.63) is 21.9 Å². The van der Waals surface area contributed by atoms with Crippen molar-refractivity contribution in [3.63, 3.8) is 0 Å². The van der Waals surface area contributed by atoms with Crippen LogP contribution in [0.3, 0.4) is 0 Å². The number of hydrogen-bond donors (Lipinski definition) is 1. The molecule has 0 aromatic carbocycles. The van der Waals surface area contributed by atoms with Crippen LogP contribution in [0.15, 0.2) is 11.4 Å². The molecule has 0 atom stereocenters. The third-order valence-electron chi connectivity index (χ3n) is 2.47. The van der Waals surface area contributed by atoms with E-state index in [0.29, 0.717) is 4.88 Å². The van der Waals surface area contributed by atoms with Crippen LogP contribution in [0, 0.1) is 0 Å². The van der Waals surface area contributed by atoms with Crippen molar-refractivity contribution in [2.45, 2.75) is 32.6 Å². The van der Waals surface area contributed by atoms with Crippen LogP contribution in [0.4, 0.5) is 0 Å². The minimum Gasteiger partial charge on any atom is -0.477 e. The molecular weight excluding hydrogens is 184 g/mol. The van der Waals surface area contributed by atoms with Crippen molar-refractivity contribution in [2.75, 3.05) is 0 Å². The maximum Gasteiger partial charge on any atom is 0.346 e. The smallest absolute Gasteiger partial charge is 0.346 e. The average molecular weight is 198 g/mol. The Balaban J connectivity index is 3.14. The molecule has 0 radical (unpaired) electrons. The fraction of sp³-hybridized carbons (Fsp3) is 0.500. The van der Waals surface area contributed by atoms with E-state index in [1.165, 1.54) is 11.3 Å². The summed E-state index contributed by atoms with van der Waals surface area (Å²) in [6.07, 6.45) is 0.948. The van der Waals surface area contributed by atoms with Crippen LogP contribution in [-0.2, 0) is 5.41 Å². The van der Waals surface area contributed by atoms with Gasteiger partial charge in [-0.1, -0.05) is 20.8 Å². The number of rotatable bonds is 3. The summed E-state index contributed by atoms with van der Waals surface area (Å²) in [6, 6.07) is 1.91. The van der Waals surface area contributed by atoms with Gasteiger partial charge in [0.25, 0.3) is 0 Å². The Morgan fingerprint density at radius 1 is 1.62 bits per heavy atom. The fourth-order valence-electron chi connectivity index (χ4n) is 1.20. The highest BCUT2D eigenvalue weighted by Gasteiger charge is 2.25. The van der Waals surface area contributed by atoms with E-state index in [9.17, 15) is 4.79 Å². The Hall–Kier alpha value is -0.830. The zero-order valence-electron chi connectivity index (χ0n) is 8.13. The first-order chi connectivity index (χ1) is 5.99. The van der Waals surface area contributed by atoms with Crippen molar-refractivity contribution in [1.29, 1.82) is 0 Å². The van der Waals surface area contributed by atoms with Crippen LogP contribution in [0.1, 0.15) is 42.4 Å². The van der Waals surface area contributed by atoms with E-state index >= 15 is 0 Å². The minimum atomic E-state index is -0.813. The number of thiophene rings is 1. The van der Waals surface area contributed by atoms with Crippen LogP contribution >= 0.6 is 11.3 Å². The summed E-state index contributed by atoms with van der Waals surface area (Å²) in [5.41, 5.74) is 0.917. The summed E-state index contributed by atoms with van der Waals surface area (Å²) in [5.74, 6) is -0.813. The maximum atomic E-state index is 10.9. The predicted octanol–water partition coefficient (Wildman–Crippen LogP) is 3.13. The Morgan fingerprint density at radius 3 is 2.69 bits per heavy atom. The number of aromatic carboxylic acids is 1. The zero-order chi connectivity index (χ0) is 10.1. The maximum absolute atomic E-state index is 10.9. The summed E-state index contributed by atoms with van der Waals surface area (Å²) >= 11 is 1.30. The molecule has 13 heavy (non-hydrogen) atoms. The number of carboxylic acid groups (broad SMARTS) is 1. The molecule has 1 aromatic rings. The topological polar surface area (TPSA) is 37.3 Å². The van der Waals surface area contributed by atoms with Gasteiger partial charge >= 0.3 is 5.97 Å². The zero-order valence-corrected chi connectivity index (χ0v) is 8.94. The van der Waals surface area contributed by atoms with E-state index in [2.05, 4.69) is 20.8 Å². The van der Waals surface area contributed by atoms with E-state index < -0.39 is 5.97 Å².